The van der Waals surface area contributed by atoms with Crippen LogP contribution in [0.5, 0.6) is 0 Å². The Labute approximate surface area is 136 Å². The molecule has 5 nitrogen and oxygen atoms in total. The van der Waals surface area contributed by atoms with Crippen LogP contribution in [0.15, 0.2) is 24.3 Å². The average Bonchev–Trinajstić information content (AvgIpc) is 2.74. The Kier molecular flexibility index (Phi) is 6.49. The lowest BCUT2D eigenvalue weighted by atomic mass is 10.1. The molecule has 1 saturated heterocycles. The van der Waals surface area contributed by atoms with Gasteiger partial charge < -0.3 is 19.7 Å². The summed E-state index contributed by atoms with van der Waals surface area (Å²) in [5.41, 5.74) is 0.874. The second kappa shape index (κ2) is 8.36. The highest BCUT2D eigenvalue weighted by molar-refractivity contribution is 6.31. The molecule has 1 fully saturated rings. The molecule has 0 bridgehead atoms. The summed E-state index contributed by atoms with van der Waals surface area (Å²) in [5, 5.41) is 3.57. The van der Waals surface area contributed by atoms with Crippen LogP contribution in [0.25, 0.3) is 0 Å². The number of rotatable bonds is 4. The topological polar surface area (TPSA) is 50.8 Å². The van der Waals surface area contributed by atoms with E-state index in [2.05, 4.69) is 5.32 Å². The monoisotopic (exact) mass is 326 g/mol. The van der Waals surface area contributed by atoms with E-state index in [4.69, 9.17) is 21.1 Å². The van der Waals surface area contributed by atoms with E-state index in [0.717, 1.165) is 12.0 Å². The summed E-state index contributed by atoms with van der Waals surface area (Å²) in [6, 6.07) is 7.58. The molecule has 2 atom stereocenters. The first-order valence-corrected chi connectivity index (χ1v) is 7.90. The predicted molar refractivity (Wildman–Crippen MR) is 86.2 cm³/mol. The van der Waals surface area contributed by atoms with Gasteiger partial charge in [-0.25, -0.2) is 4.79 Å². The van der Waals surface area contributed by atoms with E-state index < -0.39 is 0 Å². The normalized spacial score (nSPS) is 20.3. The number of hydrogen-bond donors (Lipinski definition) is 1. The fourth-order valence-electron chi connectivity index (χ4n) is 2.53. The van der Waals surface area contributed by atoms with Crippen LogP contribution in [0, 0.1) is 0 Å². The lowest BCUT2D eigenvalue weighted by molar-refractivity contribution is 0.0997. The Hall–Kier alpha value is -1.30. The van der Waals surface area contributed by atoms with Crippen molar-refractivity contribution in [3.63, 3.8) is 0 Å². The van der Waals surface area contributed by atoms with E-state index in [0.29, 0.717) is 31.3 Å². The molecule has 1 aliphatic heterocycles. The number of amides is 2. The largest absolute Gasteiger partial charge is 0.380 e. The lowest BCUT2D eigenvalue weighted by Gasteiger charge is -2.27. The summed E-state index contributed by atoms with van der Waals surface area (Å²) in [4.78, 5) is 14.2. The number of hydrogen-bond acceptors (Lipinski definition) is 3. The number of nitrogens with zero attached hydrogens (tertiary/aromatic N) is 1. The van der Waals surface area contributed by atoms with Crippen molar-refractivity contribution in [1.29, 1.82) is 0 Å². The smallest absolute Gasteiger partial charge is 0.317 e. The molecule has 0 radical (unpaired) electrons. The molecular formula is C16H23ClN2O3. The fraction of sp³-hybridized carbons (Fsp3) is 0.562. The highest BCUT2D eigenvalue weighted by Crippen LogP contribution is 2.24. The second-order valence-electron chi connectivity index (χ2n) is 5.38. The van der Waals surface area contributed by atoms with Gasteiger partial charge in [-0.3, -0.25) is 0 Å². The number of methoxy groups -OCH3 is 1. The Balaban J connectivity index is 1.95. The minimum atomic E-state index is -0.267. The standard InChI is InChI=1S/C16H23ClN2O3/c1-12-7-9-22-10-8-19(12)16(20)18-11-15(21-2)13-5-3-4-6-14(13)17/h3-6,12,15H,7-11H2,1-2H3,(H,18,20)/t12-,15-/m0/s1. The van der Waals surface area contributed by atoms with Crippen molar-refractivity contribution in [2.24, 2.45) is 0 Å². The van der Waals surface area contributed by atoms with Crippen LogP contribution < -0.4 is 5.32 Å². The van der Waals surface area contributed by atoms with Gasteiger partial charge in [-0.15, -0.1) is 0 Å². The molecule has 1 aromatic carbocycles. The summed E-state index contributed by atoms with van der Waals surface area (Å²) in [6.07, 6.45) is 0.585. The molecule has 0 saturated carbocycles. The third-order valence-electron chi connectivity index (χ3n) is 3.92. The van der Waals surface area contributed by atoms with Gasteiger partial charge in [0.05, 0.1) is 6.61 Å². The predicted octanol–water partition coefficient (Wildman–Crippen LogP) is 2.85. The quantitative estimate of drug-likeness (QED) is 0.925. The first kappa shape index (κ1) is 17.1. The van der Waals surface area contributed by atoms with Gasteiger partial charge in [-0.1, -0.05) is 29.8 Å². The molecule has 1 aromatic rings. The number of ether oxygens (including phenoxy) is 2. The zero-order chi connectivity index (χ0) is 15.9. The zero-order valence-corrected chi connectivity index (χ0v) is 13.8. The summed E-state index contributed by atoms with van der Waals surface area (Å²) >= 11 is 6.19. The van der Waals surface area contributed by atoms with Crippen molar-refractivity contribution in [3.05, 3.63) is 34.9 Å². The molecule has 6 heteroatoms. The summed E-state index contributed by atoms with van der Waals surface area (Å²) in [7, 11) is 1.61. The van der Waals surface area contributed by atoms with Crippen molar-refractivity contribution in [1.82, 2.24) is 10.2 Å². The first-order chi connectivity index (χ1) is 10.6. The Bertz CT molecular complexity index is 498. The van der Waals surface area contributed by atoms with E-state index >= 15 is 0 Å². The molecule has 122 valence electrons. The van der Waals surface area contributed by atoms with E-state index in [-0.39, 0.29) is 18.2 Å². The summed E-state index contributed by atoms with van der Waals surface area (Å²) in [6.45, 7) is 4.30. The highest BCUT2D eigenvalue weighted by Gasteiger charge is 2.23. The number of carbonyl (C=O) groups excluding carboxylic acids is 1. The van der Waals surface area contributed by atoms with Gasteiger partial charge in [-0.05, 0) is 19.4 Å². The third-order valence-corrected chi connectivity index (χ3v) is 4.27. The van der Waals surface area contributed by atoms with Crippen LogP contribution in [0.4, 0.5) is 4.79 Å². The second-order valence-corrected chi connectivity index (χ2v) is 5.78. The molecule has 0 unspecified atom stereocenters. The van der Waals surface area contributed by atoms with Gasteiger partial charge in [0, 0.05) is 43.4 Å². The molecule has 0 aromatic heterocycles. The first-order valence-electron chi connectivity index (χ1n) is 7.53. The van der Waals surface area contributed by atoms with Gasteiger partial charge in [0.15, 0.2) is 0 Å². The molecule has 2 amide bonds. The Morgan fingerprint density at radius 2 is 2.27 bits per heavy atom. The third kappa shape index (κ3) is 4.35. The fourth-order valence-corrected chi connectivity index (χ4v) is 2.79. The van der Waals surface area contributed by atoms with E-state index in [1.54, 1.807) is 7.11 Å². The average molecular weight is 327 g/mol. The van der Waals surface area contributed by atoms with Crippen LogP contribution >= 0.6 is 11.6 Å². The molecule has 1 heterocycles. The summed E-state index contributed by atoms with van der Waals surface area (Å²) < 4.78 is 10.9. The Morgan fingerprint density at radius 3 is 3.00 bits per heavy atom. The maximum absolute atomic E-state index is 12.4. The molecule has 22 heavy (non-hydrogen) atoms. The maximum Gasteiger partial charge on any atom is 0.317 e. The van der Waals surface area contributed by atoms with Crippen molar-refractivity contribution in [2.45, 2.75) is 25.5 Å². The number of carbonyl (C=O) groups is 1. The van der Waals surface area contributed by atoms with Gasteiger partial charge in [-0.2, -0.15) is 0 Å². The molecular weight excluding hydrogens is 304 g/mol. The minimum Gasteiger partial charge on any atom is -0.380 e. The van der Waals surface area contributed by atoms with Gasteiger partial charge in [0.1, 0.15) is 6.10 Å². The number of urea groups is 1. The molecule has 1 N–H and O–H groups in total. The van der Waals surface area contributed by atoms with Crippen molar-refractivity contribution >= 4 is 17.6 Å². The highest BCUT2D eigenvalue weighted by atomic mass is 35.5. The number of nitrogens with one attached hydrogen (secondary N) is 1. The summed E-state index contributed by atoms with van der Waals surface area (Å²) in [5.74, 6) is 0. The maximum atomic E-state index is 12.4. The van der Waals surface area contributed by atoms with Crippen LogP contribution in [0.2, 0.25) is 5.02 Å². The lowest BCUT2D eigenvalue weighted by Crippen LogP contribution is -2.46. The number of halogens is 1. The zero-order valence-electron chi connectivity index (χ0n) is 13.0. The number of benzene rings is 1. The van der Waals surface area contributed by atoms with E-state index in [9.17, 15) is 4.79 Å². The van der Waals surface area contributed by atoms with E-state index in [1.165, 1.54) is 0 Å². The van der Waals surface area contributed by atoms with Crippen LogP contribution in [0.1, 0.15) is 25.0 Å². The van der Waals surface area contributed by atoms with Crippen LogP contribution in [-0.2, 0) is 9.47 Å². The molecule has 0 spiro atoms. The minimum absolute atomic E-state index is 0.0906. The molecule has 0 aliphatic carbocycles. The van der Waals surface area contributed by atoms with Gasteiger partial charge in [0.25, 0.3) is 0 Å². The van der Waals surface area contributed by atoms with Gasteiger partial charge in [0.2, 0.25) is 0 Å². The van der Waals surface area contributed by atoms with Crippen LogP contribution in [0.3, 0.4) is 0 Å². The van der Waals surface area contributed by atoms with Crippen LogP contribution in [-0.4, -0.2) is 50.4 Å². The SMILES string of the molecule is CO[C@@H](CNC(=O)N1CCOCC[C@@H]1C)c1ccccc1Cl. The molecule has 2 rings (SSSR count). The van der Waals surface area contributed by atoms with Crippen molar-refractivity contribution in [3.8, 4) is 0 Å². The van der Waals surface area contributed by atoms with Crippen molar-refractivity contribution < 1.29 is 14.3 Å². The molecule has 1 aliphatic rings. The van der Waals surface area contributed by atoms with Gasteiger partial charge >= 0.3 is 6.03 Å². The van der Waals surface area contributed by atoms with E-state index in [1.807, 2.05) is 36.1 Å². The van der Waals surface area contributed by atoms with Crippen molar-refractivity contribution in [2.75, 3.05) is 33.4 Å². The Morgan fingerprint density at radius 1 is 1.50 bits per heavy atom.